The van der Waals surface area contributed by atoms with E-state index in [1.165, 1.54) is 0 Å². The quantitative estimate of drug-likeness (QED) is 0.627. The van der Waals surface area contributed by atoms with Crippen molar-refractivity contribution in [2.75, 3.05) is 40.1 Å². The van der Waals surface area contributed by atoms with Gasteiger partial charge in [0.25, 0.3) is 0 Å². The van der Waals surface area contributed by atoms with E-state index in [9.17, 15) is 4.79 Å². The number of carbonyl (C=O) groups is 1. The first kappa shape index (κ1) is 23.0. The second-order valence-electron chi connectivity index (χ2n) is 10.2. The normalized spacial score (nSPS) is 26.8. The minimum absolute atomic E-state index is 0.0177. The Hall–Kier alpha value is -2.77. The summed E-state index contributed by atoms with van der Waals surface area (Å²) >= 11 is 0. The monoisotopic (exact) mass is 466 g/mol. The molecule has 1 N–H and O–H groups in total. The Balaban J connectivity index is 1.35. The fourth-order valence-electron chi connectivity index (χ4n) is 5.39. The molecule has 34 heavy (non-hydrogen) atoms. The average Bonchev–Trinajstić information content (AvgIpc) is 2.85. The number of nitrogens with one attached hydrogen (secondary N) is 1. The van der Waals surface area contributed by atoms with E-state index in [-0.39, 0.29) is 30.4 Å². The van der Waals surface area contributed by atoms with Crippen molar-refractivity contribution in [1.29, 1.82) is 0 Å². The summed E-state index contributed by atoms with van der Waals surface area (Å²) < 4.78 is 22.9. The highest BCUT2D eigenvalue weighted by Crippen LogP contribution is 2.45. The molecule has 0 spiro atoms. The van der Waals surface area contributed by atoms with Gasteiger partial charge in [0.15, 0.2) is 6.79 Å². The number of fused-ring (bicyclic) bond motifs is 4. The van der Waals surface area contributed by atoms with Crippen molar-refractivity contribution >= 4 is 6.09 Å². The standard InChI is InChI=1S/C27H34N2O5/c1-27(2)16-32-23-14-19(20-6-4-5-7-22(20)33-17-31-3)8-9-21(23)25(27)28-26(30)34-24-15-29-12-10-18(24)11-13-29/h4-9,14,18,24-25H,10-13,15-17H2,1-3H3,(H,28,30)/t24-,25?/m1/s1. The van der Waals surface area contributed by atoms with E-state index in [4.69, 9.17) is 18.9 Å². The lowest BCUT2D eigenvalue weighted by Gasteiger charge is -2.44. The lowest BCUT2D eigenvalue weighted by molar-refractivity contribution is -0.0361. The van der Waals surface area contributed by atoms with Crippen molar-refractivity contribution in [2.45, 2.75) is 38.8 Å². The number of ether oxygens (including phenoxy) is 4. The predicted molar refractivity (Wildman–Crippen MR) is 129 cm³/mol. The van der Waals surface area contributed by atoms with Gasteiger partial charge in [-0.15, -0.1) is 0 Å². The highest BCUT2D eigenvalue weighted by molar-refractivity contribution is 5.73. The molecule has 3 saturated heterocycles. The lowest BCUT2D eigenvalue weighted by Crippen LogP contribution is -2.53. The maximum atomic E-state index is 13.0. The second-order valence-corrected chi connectivity index (χ2v) is 10.2. The summed E-state index contributed by atoms with van der Waals surface area (Å²) in [6.45, 7) is 7.98. The van der Waals surface area contributed by atoms with Gasteiger partial charge in [-0.25, -0.2) is 4.79 Å². The molecule has 4 aliphatic heterocycles. The first-order valence-electron chi connectivity index (χ1n) is 12.1. The van der Waals surface area contributed by atoms with Crippen LogP contribution in [0, 0.1) is 11.3 Å². The van der Waals surface area contributed by atoms with E-state index >= 15 is 0 Å². The minimum atomic E-state index is -0.341. The maximum Gasteiger partial charge on any atom is 0.407 e. The summed E-state index contributed by atoms with van der Waals surface area (Å²) in [6, 6.07) is 13.8. The van der Waals surface area contributed by atoms with Gasteiger partial charge < -0.3 is 24.3 Å². The third kappa shape index (κ3) is 4.59. The molecule has 7 nitrogen and oxygen atoms in total. The zero-order chi connectivity index (χ0) is 23.7. The number of hydrogen-bond donors (Lipinski definition) is 1. The molecule has 2 atom stereocenters. The van der Waals surface area contributed by atoms with Crippen LogP contribution >= 0.6 is 0 Å². The molecule has 2 aromatic carbocycles. The SMILES string of the molecule is COCOc1ccccc1-c1ccc2c(c1)OCC(C)(C)C2NC(=O)O[C@@H]1CN2CCC1CC2. The number of amides is 1. The summed E-state index contributed by atoms with van der Waals surface area (Å²) in [4.78, 5) is 15.4. The molecule has 1 amide bonds. The summed E-state index contributed by atoms with van der Waals surface area (Å²) in [5, 5.41) is 3.17. The zero-order valence-electron chi connectivity index (χ0n) is 20.2. The molecule has 4 heterocycles. The molecule has 0 aromatic heterocycles. The molecule has 1 unspecified atom stereocenters. The number of benzene rings is 2. The Morgan fingerprint density at radius 2 is 1.97 bits per heavy atom. The van der Waals surface area contributed by atoms with E-state index in [0.717, 1.165) is 60.7 Å². The Labute approximate surface area is 201 Å². The molecule has 0 aliphatic carbocycles. The molecule has 6 rings (SSSR count). The van der Waals surface area contributed by atoms with Crippen molar-refractivity contribution in [3.8, 4) is 22.6 Å². The molecule has 2 aromatic rings. The second kappa shape index (κ2) is 9.47. The van der Waals surface area contributed by atoms with Gasteiger partial charge in [-0.1, -0.05) is 44.2 Å². The number of rotatable bonds is 6. The molecule has 3 fully saturated rings. The van der Waals surface area contributed by atoms with Crippen molar-refractivity contribution in [1.82, 2.24) is 10.2 Å². The van der Waals surface area contributed by atoms with Crippen LogP contribution in [-0.4, -0.2) is 57.2 Å². The minimum Gasteiger partial charge on any atom is -0.493 e. The highest BCUT2D eigenvalue weighted by atomic mass is 16.7. The Morgan fingerprint density at radius 1 is 1.18 bits per heavy atom. The molecular weight excluding hydrogens is 432 g/mol. The molecule has 0 saturated carbocycles. The van der Waals surface area contributed by atoms with Crippen LogP contribution in [0.15, 0.2) is 42.5 Å². The van der Waals surface area contributed by atoms with Gasteiger partial charge in [0, 0.05) is 30.2 Å². The van der Waals surface area contributed by atoms with E-state index in [0.29, 0.717) is 12.5 Å². The Kier molecular flexibility index (Phi) is 6.40. The molecule has 4 aliphatic rings. The number of para-hydroxylation sites is 1. The average molecular weight is 467 g/mol. The molecule has 0 radical (unpaired) electrons. The van der Waals surface area contributed by atoms with Crippen molar-refractivity contribution in [3.05, 3.63) is 48.0 Å². The largest absolute Gasteiger partial charge is 0.493 e. The van der Waals surface area contributed by atoms with E-state index < -0.39 is 0 Å². The van der Waals surface area contributed by atoms with E-state index in [1.807, 2.05) is 42.5 Å². The van der Waals surface area contributed by atoms with Gasteiger partial charge in [0.05, 0.1) is 12.6 Å². The number of methoxy groups -OCH3 is 1. The van der Waals surface area contributed by atoms with Crippen LogP contribution in [-0.2, 0) is 9.47 Å². The van der Waals surface area contributed by atoms with Crippen molar-refractivity contribution in [2.24, 2.45) is 11.3 Å². The molecule has 2 bridgehead atoms. The predicted octanol–water partition coefficient (Wildman–Crippen LogP) is 4.62. The van der Waals surface area contributed by atoms with Crippen LogP contribution in [0.2, 0.25) is 0 Å². The Bertz CT molecular complexity index is 1030. The van der Waals surface area contributed by atoms with Crippen LogP contribution < -0.4 is 14.8 Å². The number of alkyl carbamates (subject to hydrolysis) is 1. The fourth-order valence-corrected chi connectivity index (χ4v) is 5.39. The number of nitrogens with zero attached hydrogens (tertiary/aromatic N) is 1. The maximum absolute atomic E-state index is 13.0. The zero-order valence-corrected chi connectivity index (χ0v) is 20.2. The highest BCUT2D eigenvalue weighted by Gasteiger charge is 2.41. The van der Waals surface area contributed by atoms with Crippen LogP contribution in [0.3, 0.4) is 0 Å². The van der Waals surface area contributed by atoms with E-state index in [1.54, 1.807) is 7.11 Å². The van der Waals surface area contributed by atoms with Crippen LogP contribution in [0.1, 0.15) is 38.3 Å². The van der Waals surface area contributed by atoms with Crippen LogP contribution in [0.25, 0.3) is 11.1 Å². The number of piperidine rings is 3. The van der Waals surface area contributed by atoms with Gasteiger partial charge in [0.1, 0.15) is 17.6 Å². The van der Waals surface area contributed by atoms with Crippen LogP contribution in [0.4, 0.5) is 4.79 Å². The summed E-state index contributed by atoms with van der Waals surface area (Å²) in [5.74, 6) is 2.00. The van der Waals surface area contributed by atoms with E-state index in [2.05, 4.69) is 24.1 Å². The first-order chi connectivity index (χ1) is 16.4. The molecular formula is C27H34N2O5. The van der Waals surface area contributed by atoms with Gasteiger partial charge in [0.2, 0.25) is 0 Å². The van der Waals surface area contributed by atoms with Crippen molar-refractivity contribution < 1.29 is 23.7 Å². The number of hydrogen-bond acceptors (Lipinski definition) is 6. The van der Waals surface area contributed by atoms with Gasteiger partial charge >= 0.3 is 6.09 Å². The topological polar surface area (TPSA) is 69.3 Å². The summed E-state index contributed by atoms with van der Waals surface area (Å²) in [5.41, 5.74) is 2.63. The van der Waals surface area contributed by atoms with Crippen LogP contribution in [0.5, 0.6) is 11.5 Å². The molecule has 7 heteroatoms. The van der Waals surface area contributed by atoms with Crippen molar-refractivity contribution in [3.63, 3.8) is 0 Å². The van der Waals surface area contributed by atoms with Gasteiger partial charge in [-0.2, -0.15) is 0 Å². The van der Waals surface area contributed by atoms with Gasteiger partial charge in [-0.05, 0) is 49.5 Å². The van der Waals surface area contributed by atoms with Gasteiger partial charge in [-0.3, -0.25) is 4.90 Å². The Morgan fingerprint density at radius 3 is 2.71 bits per heavy atom. The smallest absolute Gasteiger partial charge is 0.407 e. The summed E-state index contributed by atoms with van der Waals surface area (Å²) in [7, 11) is 1.60. The molecule has 182 valence electrons. The number of carbonyl (C=O) groups excluding carboxylic acids is 1. The first-order valence-corrected chi connectivity index (χ1v) is 12.1. The lowest BCUT2D eigenvalue weighted by atomic mass is 9.78. The third-order valence-corrected chi connectivity index (χ3v) is 7.35. The third-order valence-electron chi connectivity index (χ3n) is 7.35. The summed E-state index contributed by atoms with van der Waals surface area (Å²) in [6.07, 6.45) is 1.87. The fraction of sp³-hybridized carbons (Fsp3) is 0.519.